The number of hydrogen-bond donors (Lipinski definition) is 1. The number of nitrogens with one attached hydrogen (secondary N) is 1. The lowest BCUT2D eigenvalue weighted by molar-refractivity contribution is -0.137. The minimum atomic E-state index is -4.58. The Morgan fingerprint density at radius 2 is 1.77 bits per heavy atom. The second-order valence-electron chi connectivity index (χ2n) is 6.34. The van der Waals surface area contributed by atoms with E-state index in [1.165, 1.54) is 39.3 Å². The molecule has 0 saturated heterocycles. The summed E-state index contributed by atoms with van der Waals surface area (Å²) in [5.74, 6) is -0.338. The minimum Gasteiger partial charge on any atom is -0.497 e. The predicted octanol–water partition coefficient (Wildman–Crippen LogP) is 3.52. The van der Waals surface area contributed by atoms with Crippen molar-refractivity contribution in [3.8, 4) is 11.5 Å². The lowest BCUT2D eigenvalue weighted by Gasteiger charge is -2.29. The topological polar surface area (TPSA) is 84.9 Å². The number of rotatable bonds is 7. The standard InChI is InChI=1S/C19H21F3N2O5S/c1-12(18(25)23-14-7-5-6-13(10-14)19(20,21)22)24(30(4,26)27)16-11-15(28-2)8-9-17(16)29-3/h5-12H,1-4H3,(H,23,25)/t12-/m1/s1. The first kappa shape index (κ1) is 23.3. The van der Waals surface area contributed by atoms with Crippen molar-refractivity contribution in [1.29, 1.82) is 0 Å². The molecule has 2 rings (SSSR count). The molecular weight excluding hydrogens is 425 g/mol. The van der Waals surface area contributed by atoms with Crippen LogP contribution >= 0.6 is 0 Å². The van der Waals surface area contributed by atoms with Crippen molar-refractivity contribution in [1.82, 2.24) is 0 Å². The quantitative estimate of drug-likeness (QED) is 0.704. The van der Waals surface area contributed by atoms with Gasteiger partial charge in [-0.2, -0.15) is 13.2 Å². The first-order chi connectivity index (χ1) is 13.9. The van der Waals surface area contributed by atoms with Gasteiger partial charge in [-0.05, 0) is 37.3 Å². The lowest BCUT2D eigenvalue weighted by Crippen LogP contribution is -2.45. The Morgan fingerprint density at radius 3 is 2.30 bits per heavy atom. The summed E-state index contributed by atoms with van der Waals surface area (Å²) in [5.41, 5.74) is -1.01. The van der Waals surface area contributed by atoms with Crippen LogP contribution in [0.5, 0.6) is 11.5 Å². The van der Waals surface area contributed by atoms with Gasteiger partial charge in [0.2, 0.25) is 15.9 Å². The van der Waals surface area contributed by atoms with Crippen LogP contribution in [0.1, 0.15) is 12.5 Å². The molecule has 0 spiro atoms. The first-order valence-electron chi connectivity index (χ1n) is 8.58. The zero-order valence-corrected chi connectivity index (χ0v) is 17.5. The van der Waals surface area contributed by atoms with Gasteiger partial charge in [0.25, 0.3) is 0 Å². The van der Waals surface area contributed by atoms with Gasteiger partial charge in [0, 0.05) is 11.8 Å². The van der Waals surface area contributed by atoms with Gasteiger partial charge < -0.3 is 14.8 Å². The fraction of sp³-hybridized carbons (Fsp3) is 0.316. The number of sulfonamides is 1. The fourth-order valence-electron chi connectivity index (χ4n) is 2.77. The Bertz CT molecular complexity index is 1030. The van der Waals surface area contributed by atoms with Crippen molar-refractivity contribution in [3.05, 3.63) is 48.0 Å². The van der Waals surface area contributed by atoms with Crippen LogP contribution in [0.4, 0.5) is 24.5 Å². The molecule has 0 unspecified atom stereocenters. The number of carbonyl (C=O) groups is 1. The molecule has 164 valence electrons. The summed E-state index contributed by atoms with van der Waals surface area (Å²) in [7, 11) is -1.27. The number of alkyl halides is 3. The largest absolute Gasteiger partial charge is 0.497 e. The molecule has 1 atom stereocenters. The predicted molar refractivity (Wildman–Crippen MR) is 106 cm³/mol. The molecule has 0 heterocycles. The molecule has 1 N–H and O–H groups in total. The smallest absolute Gasteiger partial charge is 0.416 e. The minimum absolute atomic E-state index is 0.0473. The van der Waals surface area contributed by atoms with Crippen molar-refractivity contribution < 1.29 is 35.9 Å². The number of ether oxygens (including phenoxy) is 2. The average molecular weight is 446 g/mol. The SMILES string of the molecule is COc1ccc(OC)c(N([C@H](C)C(=O)Nc2cccc(C(F)(F)F)c2)S(C)(=O)=O)c1. The summed E-state index contributed by atoms with van der Waals surface area (Å²) < 4.78 is 74.8. The molecule has 30 heavy (non-hydrogen) atoms. The van der Waals surface area contributed by atoms with Crippen LogP contribution in [0, 0.1) is 0 Å². The summed E-state index contributed by atoms with van der Waals surface area (Å²) in [4.78, 5) is 12.7. The second-order valence-corrected chi connectivity index (χ2v) is 8.20. The summed E-state index contributed by atoms with van der Waals surface area (Å²) in [6.07, 6.45) is -3.68. The molecule has 0 aliphatic rings. The van der Waals surface area contributed by atoms with Gasteiger partial charge in [0.1, 0.15) is 17.5 Å². The molecule has 0 radical (unpaired) electrons. The average Bonchev–Trinajstić information content (AvgIpc) is 2.66. The molecule has 0 fully saturated rings. The highest BCUT2D eigenvalue weighted by molar-refractivity contribution is 7.92. The molecule has 1 amide bonds. The van der Waals surface area contributed by atoms with Gasteiger partial charge in [0.05, 0.1) is 31.7 Å². The zero-order valence-electron chi connectivity index (χ0n) is 16.6. The summed E-state index contributed by atoms with van der Waals surface area (Å²) >= 11 is 0. The Morgan fingerprint density at radius 1 is 1.10 bits per heavy atom. The van der Waals surface area contributed by atoms with Crippen molar-refractivity contribution in [2.24, 2.45) is 0 Å². The van der Waals surface area contributed by atoms with Crippen molar-refractivity contribution in [3.63, 3.8) is 0 Å². The summed E-state index contributed by atoms with van der Waals surface area (Å²) in [6.45, 7) is 1.31. The van der Waals surface area contributed by atoms with E-state index < -0.39 is 33.7 Å². The van der Waals surface area contributed by atoms with Gasteiger partial charge >= 0.3 is 6.18 Å². The van der Waals surface area contributed by atoms with Crippen LogP contribution in [-0.4, -0.2) is 40.8 Å². The van der Waals surface area contributed by atoms with E-state index in [9.17, 15) is 26.4 Å². The Balaban J connectivity index is 2.42. The van der Waals surface area contributed by atoms with E-state index in [2.05, 4.69) is 5.32 Å². The number of nitrogens with zero attached hydrogens (tertiary/aromatic N) is 1. The number of halogens is 3. The van der Waals surface area contributed by atoms with E-state index in [1.807, 2.05) is 0 Å². The van der Waals surface area contributed by atoms with Crippen molar-refractivity contribution in [2.75, 3.05) is 30.1 Å². The highest BCUT2D eigenvalue weighted by Crippen LogP contribution is 2.35. The third-order valence-electron chi connectivity index (χ3n) is 4.17. The van der Waals surface area contributed by atoms with Gasteiger partial charge in [-0.15, -0.1) is 0 Å². The van der Waals surface area contributed by atoms with Gasteiger partial charge in [0.15, 0.2) is 0 Å². The van der Waals surface area contributed by atoms with Crippen molar-refractivity contribution in [2.45, 2.75) is 19.1 Å². The van der Waals surface area contributed by atoms with E-state index in [0.29, 0.717) is 5.75 Å². The Kier molecular flexibility index (Phi) is 6.86. The highest BCUT2D eigenvalue weighted by Gasteiger charge is 2.33. The van der Waals surface area contributed by atoms with Crippen LogP contribution in [-0.2, 0) is 21.0 Å². The Labute approximate surface area is 172 Å². The molecule has 11 heteroatoms. The third kappa shape index (κ3) is 5.35. The van der Waals surface area contributed by atoms with E-state index in [1.54, 1.807) is 6.07 Å². The molecule has 0 saturated carbocycles. The number of methoxy groups -OCH3 is 2. The first-order valence-corrected chi connectivity index (χ1v) is 10.4. The van der Waals surface area contributed by atoms with E-state index in [0.717, 1.165) is 28.8 Å². The zero-order chi connectivity index (χ0) is 22.7. The van der Waals surface area contributed by atoms with Gasteiger partial charge in [-0.25, -0.2) is 8.42 Å². The van der Waals surface area contributed by atoms with E-state index in [-0.39, 0.29) is 17.1 Å². The number of anilines is 2. The maximum absolute atomic E-state index is 12.9. The number of hydrogen-bond acceptors (Lipinski definition) is 5. The highest BCUT2D eigenvalue weighted by atomic mass is 32.2. The van der Waals surface area contributed by atoms with Crippen LogP contribution < -0.4 is 19.1 Å². The molecule has 0 aliphatic heterocycles. The normalized spacial score (nSPS) is 12.8. The molecule has 0 bridgehead atoms. The number of carbonyl (C=O) groups excluding carboxylic acids is 1. The van der Waals surface area contributed by atoms with Gasteiger partial charge in [-0.3, -0.25) is 9.10 Å². The summed E-state index contributed by atoms with van der Waals surface area (Å²) in [6, 6.07) is 7.15. The molecular formula is C19H21F3N2O5S. The molecule has 0 aromatic heterocycles. The lowest BCUT2D eigenvalue weighted by atomic mass is 10.2. The number of benzene rings is 2. The third-order valence-corrected chi connectivity index (χ3v) is 5.40. The maximum atomic E-state index is 12.9. The monoisotopic (exact) mass is 446 g/mol. The Hall–Kier alpha value is -2.95. The van der Waals surface area contributed by atoms with Crippen LogP contribution in [0.15, 0.2) is 42.5 Å². The van der Waals surface area contributed by atoms with Crippen LogP contribution in [0.3, 0.4) is 0 Å². The molecule has 0 aliphatic carbocycles. The van der Waals surface area contributed by atoms with Crippen LogP contribution in [0.25, 0.3) is 0 Å². The van der Waals surface area contributed by atoms with Crippen molar-refractivity contribution >= 4 is 27.3 Å². The maximum Gasteiger partial charge on any atom is 0.416 e. The van der Waals surface area contributed by atoms with Crippen LogP contribution in [0.2, 0.25) is 0 Å². The fourth-order valence-corrected chi connectivity index (χ4v) is 3.94. The molecule has 7 nitrogen and oxygen atoms in total. The second kappa shape index (κ2) is 8.82. The molecule has 2 aromatic rings. The van der Waals surface area contributed by atoms with E-state index >= 15 is 0 Å². The molecule has 2 aromatic carbocycles. The van der Waals surface area contributed by atoms with Gasteiger partial charge in [-0.1, -0.05) is 6.07 Å². The number of amides is 1. The van der Waals surface area contributed by atoms with E-state index in [4.69, 9.17) is 9.47 Å². The summed E-state index contributed by atoms with van der Waals surface area (Å²) in [5, 5.41) is 2.33.